The van der Waals surface area contributed by atoms with Gasteiger partial charge in [-0.15, -0.1) is 5.10 Å². The molecule has 0 aliphatic carbocycles. The van der Waals surface area contributed by atoms with E-state index in [1.807, 2.05) is 19.1 Å². The number of hydrogen-bond acceptors (Lipinski definition) is 4. The minimum absolute atomic E-state index is 0.388. The summed E-state index contributed by atoms with van der Waals surface area (Å²) >= 11 is 0. The topological polar surface area (TPSA) is 41.0 Å². The molecule has 1 aromatic heterocycles. The zero-order chi connectivity index (χ0) is 12.3. The maximum Gasteiger partial charge on any atom is 0.148 e. The second-order valence-corrected chi connectivity index (χ2v) is 5.53. The molecule has 0 unspecified atom stereocenters. The number of likely N-dealkylation sites (tertiary alicyclic amines) is 1. The third-order valence-electron chi connectivity index (χ3n) is 3.69. The number of piperidine rings is 1. The largest absolute Gasteiger partial charge is 0.368 e. The molecule has 2 heterocycles. The van der Waals surface area contributed by atoms with Crippen LogP contribution in [0, 0.1) is 12.3 Å². The van der Waals surface area contributed by atoms with Crippen molar-refractivity contribution in [1.82, 2.24) is 15.1 Å². The number of aromatic nitrogens is 2. The van der Waals surface area contributed by atoms with E-state index in [2.05, 4.69) is 34.4 Å². The van der Waals surface area contributed by atoms with Crippen LogP contribution in [0.15, 0.2) is 12.1 Å². The Bertz CT molecular complexity index is 352. The number of nitrogens with one attached hydrogen (secondary N) is 1. The molecule has 0 amide bonds. The van der Waals surface area contributed by atoms with Gasteiger partial charge in [-0.25, -0.2) is 0 Å². The first-order valence-corrected chi connectivity index (χ1v) is 6.30. The molecule has 17 heavy (non-hydrogen) atoms. The van der Waals surface area contributed by atoms with Crippen molar-refractivity contribution in [2.75, 3.05) is 32.0 Å². The van der Waals surface area contributed by atoms with E-state index >= 15 is 0 Å². The highest BCUT2D eigenvalue weighted by atomic mass is 15.2. The van der Waals surface area contributed by atoms with Crippen molar-refractivity contribution in [3.8, 4) is 0 Å². The molecule has 1 aromatic rings. The first kappa shape index (κ1) is 12.3. The minimum Gasteiger partial charge on any atom is -0.368 e. The van der Waals surface area contributed by atoms with Crippen LogP contribution in [0.3, 0.4) is 0 Å². The van der Waals surface area contributed by atoms with Crippen molar-refractivity contribution in [2.24, 2.45) is 5.41 Å². The lowest BCUT2D eigenvalue weighted by molar-refractivity contribution is 0.150. The van der Waals surface area contributed by atoms with Gasteiger partial charge in [0, 0.05) is 6.54 Å². The lowest BCUT2D eigenvalue weighted by Crippen LogP contribution is -2.40. The molecule has 0 radical (unpaired) electrons. The average Bonchev–Trinajstić information content (AvgIpc) is 2.33. The van der Waals surface area contributed by atoms with Crippen LogP contribution in [0.2, 0.25) is 0 Å². The Kier molecular flexibility index (Phi) is 3.62. The smallest absolute Gasteiger partial charge is 0.148 e. The van der Waals surface area contributed by atoms with E-state index in [9.17, 15) is 0 Å². The zero-order valence-electron chi connectivity index (χ0n) is 11.0. The van der Waals surface area contributed by atoms with Gasteiger partial charge in [-0.3, -0.25) is 0 Å². The fourth-order valence-electron chi connectivity index (χ4n) is 2.13. The van der Waals surface area contributed by atoms with Crippen molar-refractivity contribution >= 4 is 5.82 Å². The summed E-state index contributed by atoms with van der Waals surface area (Å²) in [4.78, 5) is 2.40. The highest BCUT2D eigenvalue weighted by Crippen LogP contribution is 2.30. The maximum atomic E-state index is 4.14. The molecule has 2 rings (SSSR count). The lowest BCUT2D eigenvalue weighted by Gasteiger charge is -2.38. The summed E-state index contributed by atoms with van der Waals surface area (Å²) in [6.07, 6.45) is 2.49. The first-order chi connectivity index (χ1) is 8.07. The fraction of sp³-hybridized carbons (Fsp3) is 0.692. The Morgan fingerprint density at radius 1 is 1.29 bits per heavy atom. The molecule has 1 aliphatic heterocycles. The van der Waals surface area contributed by atoms with Crippen molar-refractivity contribution in [1.29, 1.82) is 0 Å². The Morgan fingerprint density at radius 2 is 2.00 bits per heavy atom. The van der Waals surface area contributed by atoms with Crippen LogP contribution in [-0.4, -0.2) is 41.8 Å². The van der Waals surface area contributed by atoms with Crippen molar-refractivity contribution in [2.45, 2.75) is 26.7 Å². The summed E-state index contributed by atoms with van der Waals surface area (Å²) in [6, 6.07) is 3.99. The van der Waals surface area contributed by atoms with Crippen molar-refractivity contribution in [3.05, 3.63) is 17.8 Å². The SMILES string of the molecule is Cc1ccc(NCC2(C)CCN(C)CC2)nn1. The summed E-state index contributed by atoms with van der Waals surface area (Å²) in [5.74, 6) is 0.885. The summed E-state index contributed by atoms with van der Waals surface area (Å²) in [6.45, 7) is 7.68. The van der Waals surface area contributed by atoms with Crippen LogP contribution in [0.4, 0.5) is 5.82 Å². The molecule has 1 N–H and O–H groups in total. The van der Waals surface area contributed by atoms with E-state index in [1.165, 1.54) is 25.9 Å². The van der Waals surface area contributed by atoms with Gasteiger partial charge in [0.05, 0.1) is 5.69 Å². The predicted molar refractivity (Wildman–Crippen MR) is 70.1 cm³/mol. The normalized spacial score (nSPS) is 20.2. The monoisotopic (exact) mass is 234 g/mol. The Morgan fingerprint density at radius 3 is 2.59 bits per heavy atom. The van der Waals surface area contributed by atoms with Crippen LogP contribution in [-0.2, 0) is 0 Å². The van der Waals surface area contributed by atoms with Crippen molar-refractivity contribution in [3.63, 3.8) is 0 Å². The third kappa shape index (κ3) is 3.40. The highest BCUT2D eigenvalue weighted by molar-refractivity contribution is 5.33. The van der Waals surface area contributed by atoms with E-state index in [-0.39, 0.29) is 0 Å². The molecule has 0 aromatic carbocycles. The van der Waals surface area contributed by atoms with Crippen molar-refractivity contribution < 1.29 is 0 Å². The summed E-state index contributed by atoms with van der Waals surface area (Å²) in [5, 5.41) is 11.6. The molecular weight excluding hydrogens is 212 g/mol. The second-order valence-electron chi connectivity index (χ2n) is 5.53. The second kappa shape index (κ2) is 5.00. The summed E-state index contributed by atoms with van der Waals surface area (Å²) in [7, 11) is 2.19. The van der Waals surface area contributed by atoms with Gasteiger partial charge in [0.25, 0.3) is 0 Å². The van der Waals surface area contributed by atoms with Crippen LogP contribution in [0.25, 0.3) is 0 Å². The quantitative estimate of drug-likeness (QED) is 0.867. The van der Waals surface area contributed by atoms with Gasteiger partial charge in [0.2, 0.25) is 0 Å². The number of hydrogen-bond donors (Lipinski definition) is 1. The Labute approximate surface area is 103 Å². The molecule has 1 saturated heterocycles. The van der Waals surface area contributed by atoms with Gasteiger partial charge >= 0.3 is 0 Å². The van der Waals surface area contributed by atoms with Crippen LogP contribution >= 0.6 is 0 Å². The fourth-order valence-corrected chi connectivity index (χ4v) is 2.13. The number of aryl methyl sites for hydroxylation is 1. The molecule has 4 nitrogen and oxygen atoms in total. The van der Waals surface area contributed by atoms with Gasteiger partial charge in [-0.05, 0) is 57.5 Å². The van der Waals surface area contributed by atoms with Crippen LogP contribution < -0.4 is 5.32 Å². The Hall–Kier alpha value is -1.16. The highest BCUT2D eigenvalue weighted by Gasteiger charge is 2.28. The molecule has 0 spiro atoms. The molecule has 0 saturated carbocycles. The number of nitrogens with zero attached hydrogens (tertiary/aromatic N) is 3. The van der Waals surface area contributed by atoms with E-state index in [4.69, 9.17) is 0 Å². The molecule has 0 atom stereocenters. The van der Waals surface area contributed by atoms with E-state index in [0.29, 0.717) is 5.41 Å². The predicted octanol–water partition coefficient (Wildman–Crippen LogP) is 1.93. The maximum absolute atomic E-state index is 4.14. The summed E-state index contributed by atoms with van der Waals surface area (Å²) < 4.78 is 0. The molecular formula is C13H22N4. The van der Waals surface area contributed by atoms with Gasteiger partial charge in [-0.1, -0.05) is 6.92 Å². The number of anilines is 1. The van der Waals surface area contributed by atoms with Gasteiger partial charge in [0.1, 0.15) is 5.82 Å². The zero-order valence-corrected chi connectivity index (χ0v) is 11.0. The minimum atomic E-state index is 0.388. The molecule has 4 heteroatoms. The average molecular weight is 234 g/mol. The van der Waals surface area contributed by atoms with Gasteiger partial charge in [-0.2, -0.15) is 5.10 Å². The molecule has 1 fully saturated rings. The molecule has 1 aliphatic rings. The third-order valence-corrected chi connectivity index (χ3v) is 3.69. The van der Waals surface area contributed by atoms with E-state index < -0.39 is 0 Å². The van der Waals surface area contributed by atoms with Gasteiger partial charge in [0.15, 0.2) is 0 Å². The standard InChI is InChI=1S/C13H22N4/c1-11-4-5-12(16-15-11)14-10-13(2)6-8-17(3)9-7-13/h4-5H,6-10H2,1-3H3,(H,14,16). The van der Waals surface area contributed by atoms with Crippen LogP contribution in [0.1, 0.15) is 25.5 Å². The van der Waals surface area contributed by atoms with E-state index in [1.54, 1.807) is 0 Å². The molecule has 94 valence electrons. The molecule has 0 bridgehead atoms. The summed E-state index contributed by atoms with van der Waals surface area (Å²) in [5.41, 5.74) is 1.35. The Balaban J connectivity index is 1.87. The first-order valence-electron chi connectivity index (χ1n) is 6.30. The number of rotatable bonds is 3. The lowest BCUT2D eigenvalue weighted by atomic mass is 9.80. The van der Waals surface area contributed by atoms with Gasteiger partial charge < -0.3 is 10.2 Å². The van der Waals surface area contributed by atoms with Crippen LogP contribution in [0.5, 0.6) is 0 Å². The van der Waals surface area contributed by atoms with E-state index in [0.717, 1.165) is 18.1 Å².